The molecule has 0 radical (unpaired) electrons. The van der Waals surface area contributed by atoms with E-state index in [2.05, 4.69) is 39.2 Å². The number of hydrogen-bond donors (Lipinski definition) is 2. The van der Waals surface area contributed by atoms with Crippen LogP contribution < -0.4 is 5.32 Å². The molecule has 0 spiro atoms. The maximum absolute atomic E-state index is 12.3. The van der Waals surface area contributed by atoms with E-state index in [0.29, 0.717) is 6.41 Å². The molecule has 1 unspecified atom stereocenters. The van der Waals surface area contributed by atoms with Crippen LogP contribution >= 0.6 is 0 Å². The fourth-order valence-corrected chi connectivity index (χ4v) is 3.59. The highest BCUT2D eigenvalue weighted by atomic mass is 28.4. The Kier molecular flexibility index (Phi) is 7.79. The molecule has 0 saturated carbocycles. The van der Waals surface area contributed by atoms with Gasteiger partial charge in [-0.1, -0.05) is 20.8 Å². The maximum Gasteiger partial charge on any atom is 0.331 e. The van der Waals surface area contributed by atoms with E-state index in [-0.39, 0.29) is 24.7 Å². The molecule has 9 heteroatoms. The molecule has 0 aliphatic carbocycles. The van der Waals surface area contributed by atoms with Gasteiger partial charge in [0.2, 0.25) is 6.41 Å². The number of carbonyl (C=O) groups excluding carboxylic acids is 2. The summed E-state index contributed by atoms with van der Waals surface area (Å²) in [5.41, 5.74) is -1.70. The normalized spacial score (nSPS) is 27.8. The number of hydrogen-bond acceptors (Lipinski definition) is 7. The second kappa shape index (κ2) is 8.79. The molecule has 0 aromatic carbocycles. The molecule has 1 saturated heterocycles. The molecule has 0 aromatic rings. The van der Waals surface area contributed by atoms with Crippen molar-refractivity contribution < 1.29 is 33.3 Å². The van der Waals surface area contributed by atoms with E-state index in [9.17, 15) is 14.7 Å². The SMILES string of the molecule is CCOC(=O)[C@H](NC=O)[C@@]1(O)CC(OC)O[C@@H]1CO[Si](C)(C)C(C)(C)C. The second-order valence-electron chi connectivity index (χ2n) is 8.03. The first-order chi connectivity index (χ1) is 11.9. The molecule has 152 valence electrons. The van der Waals surface area contributed by atoms with Crippen molar-refractivity contribution in [3.8, 4) is 0 Å². The first-order valence-electron chi connectivity index (χ1n) is 8.83. The quantitative estimate of drug-likeness (QED) is 0.345. The van der Waals surface area contributed by atoms with Gasteiger partial charge < -0.3 is 29.1 Å². The van der Waals surface area contributed by atoms with Gasteiger partial charge in [0, 0.05) is 13.5 Å². The zero-order valence-corrected chi connectivity index (χ0v) is 17.8. The smallest absolute Gasteiger partial charge is 0.331 e. The third-order valence-corrected chi connectivity index (χ3v) is 9.79. The zero-order valence-electron chi connectivity index (χ0n) is 16.8. The van der Waals surface area contributed by atoms with Crippen molar-refractivity contribution in [1.29, 1.82) is 0 Å². The van der Waals surface area contributed by atoms with Gasteiger partial charge in [0.15, 0.2) is 20.6 Å². The molecule has 0 bridgehead atoms. The number of esters is 1. The van der Waals surface area contributed by atoms with Crippen molar-refractivity contribution in [2.24, 2.45) is 0 Å². The van der Waals surface area contributed by atoms with Gasteiger partial charge in [-0.05, 0) is 25.1 Å². The summed E-state index contributed by atoms with van der Waals surface area (Å²) in [5, 5.41) is 13.6. The molecule has 1 aliphatic rings. The topological polar surface area (TPSA) is 103 Å². The number of aliphatic hydroxyl groups is 1. The Morgan fingerprint density at radius 3 is 2.54 bits per heavy atom. The lowest BCUT2D eigenvalue weighted by Crippen LogP contribution is -2.61. The predicted molar refractivity (Wildman–Crippen MR) is 98.0 cm³/mol. The van der Waals surface area contributed by atoms with Gasteiger partial charge in [-0.15, -0.1) is 0 Å². The third kappa shape index (κ3) is 5.04. The lowest BCUT2D eigenvalue weighted by atomic mass is 9.87. The average molecular weight is 392 g/mol. The lowest BCUT2D eigenvalue weighted by Gasteiger charge is -2.39. The Morgan fingerprint density at radius 2 is 2.08 bits per heavy atom. The monoisotopic (exact) mass is 391 g/mol. The van der Waals surface area contributed by atoms with E-state index in [1.807, 2.05) is 0 Å². The molecular formula is C17H33NO7Si. The summed E-state index contributed by atoms with van der Waals surface area (Å²) in [6, 6.07) is -1.27. The van der Waals surface area contributed by atoms with Crippen LogP contribution in [-0.4, -0.2) is 70.2 Å². The Morgan fingerprint density at radius 1 is 1.46 bits per heavy atom. The van der Waals surface area contributed by atoms with Gasteiger partial charge >= 0.3 is 5.97 Å². The minimum atomic E-state index is -2.10. The molecular weight excluding hydrogens is 358 g/mol. The summed E-state index contributed by atoms with van der Waals surface area (Å²) in [5.74, 6) is -0.722. The van der Waals surface area contributed by atoms with Gasteiger partial charge in [-0.2, -0.15) is 0 Å². The minimum absolute atomic E-state index is 0.0132. The van der Waals surface area contributed by atoms with Crippen LogP contribution in [0.15, 0.2) is 0 Å². The molecule has 2 N–H and O–H groups in total. The zero-order chi connectivity index (χ0) is 20.2. The van der Waals surface area contributed by atoms with Gasteiger partial charge in [-0.25, -0.2) is 4.79 Å². The standard InChI is InChI=1S/C17H33NO7Si/c1-8-23-15(20)14(18-11-19)17(21)9-13(22-5)25-12(17)10-24-26(6,7)16(2,3)4/h11-14,21H,8-10H2,1-7H3,(H,18,19)/t12-,13?,14+,17-/m1/s1. The van der Waals surface area contributed by atoms with Gasteiger partial charge in [0.05, 0.1) is 13.2 Å². The van der Waals surface area contributed by atoms with Crippen molar-refractivity contribution in [1.82, 2.24) is 5.32 Å². The van der Waals surface area contributed by atoms with E-state index in [1.165, 1.54) is 7.11 Å². The molecule has 0 aromatic heterocycles. The van der Waals surface area contributed by atoms with Crippen molar-refractivity contribution >= 4 is 20.7 Å². The van der Waals surface area contributed by atoms with Crippen LogP contribution in [0.25, 0.3) is 0 Å². The number of ether oxygens (including phenoxy) is 3. The number of nitrogens with one attached hydrogen (secondary N) is 1. The number of amides is 1. The summed E-state index contributed by atoms with van der Waals surface area (Å²) in [6.45, 7) is 12.4. The van der Waals surface area contributed by atoms with Crippen LogP contribution in [0.4, 0.5) is 0 Å². The van der Waals surface area contributed by atoms with Gasteiger partial charge in [0.1, 0.15) is 11.7 Å². The highest BCUT2D eigenvalue weighted by molar-refractivity contribution is 6.74. The summed E-state index contributed by atoms with van der Waals surface area (Å²) in [4.78, 5) is 23.3. The largest absolute Gasteiger partial charge is 0.464 e. The number of methoxy groups -OCH3 is 1. The number of carbonyl (C=O) groups is 2. The molecule has 1 amide bonds. The van der Waals surface area contributed by atoms with E-state index in [4.69, 9.17) is 18.6 Å². The average Bonchev–Trinajstić information content (AvgIpc) is 2.86. The van der Waals surface area contributed by atoms with E-state index in [0.717, 1.165) is 0 Å². The van der Waals surface area contributed by atoms with Crippen LogP contribution in [0.1, 0.15) is 34.1 Å². The highest BCUT2D eigenvalue weighted by Crippen LogP contribution is 2.39. The molecule has 1 aliphatic heterocycles. The van der Waals surface area contributed by atoms with Crippen molar-refractivity contribution in [3.05, 3.63) is 0 Å². The van der Waals surface area contributed by atoms with Crippen molar-refractivity contribution in [2.75, 3.05) is 20.3 Å². The summed E-state index contributed by atoms with van der Waals surface area (Å²) < 4.78 is 22.1. The van der Waals surface area contributed by atoms with E-state index >= 15 is 0 Å². The Bertz CT molecular complexity index is 494. The van der Waals surface area contributed by atoms with Crippen molar-refractivity contribution in [2.45, 2.75) is 76.3 Å². The van der Waals surface area contributed by atoms with Crippen LogP contribution in [0.2, 0.25) is 18.1 Å². The summed E-state index contributed by atoms with van der Waals surface area (Å²) in [7, 11) is -0.648. The maximum atomic E-state index is 12.3. The van der Waals surface area contributed by atoms with Crippen LogP contribution in [0.3, 0.4) is 0 Å². The van der Waals surface area contributed by atoms with Crippen LogP contribution in [0, 0.1) is 0 Å². The van der Waals surface area contributed by atoms with Gasteiger partial charge in [-0.3, -0.25) is 4.79 Å². The summed E-state index contributed by atoms with van der Waals surface area (Å²) in [6.07, 6.45) is -1.17. The first kappa shape index (κ1) is 23.0. The molecule has 1 rings (SSSR count). The van der Waals surface area contributed by atoms with E-state index in [1.54, 1.807) is 6.92 Å². The third-order valence-electron chi connectivity index (χ3n) is 5.29. The molecule has 4 atom stereocenters. The molecule has 1 heterocycles. The summed E-state index contributed by atoms with van der Waals surface area (Å²) >= 11 is 0. The molecule has 8 nitrogen and oxygen atoms in total. The van der Waals surface area contributed by atoms with E-state index < -0.39 is 38.3 Å². The number of rotatable bonds is 9. The fraction of sp³-hybridized carbons (Fsp3) is 0.882. The van der Waals surface area contributed by atoms with Crippen LogP contribution in [-0.2, 0) is 28.2 Å². The Labute approximate surface area is 156 Å². The minimum Gasteiger partial charge on any atom is -0.464 e. The highest BCUT2D eigenvalue weighted by Gasteiger charge is 2.56. The molecule has 1 fully saturated rings. The molecule has 26 heavy (non-hydrogen) atoms. The van der Waals surface area contributed by atoms with Crippen molar-refractivity contribution in [3.63, 3.8) is 0 Å². The van der Waals surface area contributed by atoms with Gasteiger partial charge in [0.25, 0.3) is 0 Å². The second-order valence-corrected chi connectivity index (χ2v) is 12.8. The fourth-order valence-electron chi connectivity index (χ4n) is 2.58. The Balaban J connectivity index is 3.06. The Hall–Kier alpha value is -1.00. The lowest BCUT2D eigenvalue weighted by molar-refractivity contribution is -0.162. The van der Waals surface area contributed by atoms with Crippen LogP contribution in [0.5, 0.6) is 0 Å². The predicted octanol–water partition coefficient (Wildman–Crippen LogP) is 1.18. The first-order valence-corrected chi connectivity index (χ1v) is 11.7.